The van der Waals surface area contributed by atoms with E-state index >= 15 is 0 Å². The topological polar surface area (TPSA) is 75.1 Å². The molecule has 1 N–H and O–H groups in total. The van der Waals surface area contributed by atoms with Crippen LogP contribution in [0.1, 0.15) is 42.5 Å². The van der Waals surface area contributed by atoms with E-state index in [1.807, 2.05) is 38.1 Å². The zero-order valence-corrected chi connectivity index (χ0v) is 24.9. The highest BCUT2D eigenvalue weighted by Gasteiger charge is 2.51. The summed E-state index contributed by atoms with van der Waals surface area (Å²) in [5.74, 6) is -0.241. The minimum Gasteiger partial charge on any atom is -0.463 e. The van der Waals surface area contributed by atoms with Gasteiger partial charge in [0.2, 0.25) is 0 Å². The van der Waals surface area contributed by atoms with Crippen molar-refractivity contribution in [3.05, 3.63) is 89.2 Å². The SMILES string of the molecule is CCOCCOC(=O)CC1CN(Cc2ccc(-c3ccc(C(C)(O)C(F)(F)F)cc3)c(C)c2)CCN1Cc1ccncc1. The lowest BCUT2D eigenvalue weighted by Crippen LogP contribution is -2.53. The van der Waals surface area contributed by atoms with E-state index < -0.39 is 11.8 Å². The second-order valence-electron chi connectivity index (χ2n) is 11.1. The standard InChI is InChI=1S/C33H40F3N3O4/c1-4-42-17-18-43-31(40)20-29-23-38(15-16-39(29)22-25-11-13-37-14-12-25)21-26-5-10-30(24(2)19-26)27-6-8-28(9-7-27)32(3,41)33(34,35)36/h5-14,19,29,41H,4,15-18,20-23H2,1-3H3. The van der Waals surface area contributed by atoms with Gasteiger partial charge in [-0.3, -0.25) is 19.6 Å². The zero-order valence-electron chi connectivity index (χ0n) is 24.9. The van der Waals surface area contributed by atoms with Crippen molar-refractivity contribution in [1.29, 1.82) is 0 Å². The Balaban J connectivity index is 1.42. The Morgan fingerprint density at radius 1 is 1.00 bits per heavy atom. The summed E-state index contributed by atoms with van der Waals surface area (Å²) in [6.45, 7) is 9.59. The maximum atomic E-state index is 13.2. The molecule has 2 heterocycles. The fourth-order valence-electron chi connectivity index (χ4n) is 5.38. The second-order valence-corrected chi connectivity index (χ2v) is 11.1. The molecule has 7 nitrogen and oxygen atoms in total. The maximum Gasteiger partial charge on any atom is 0.421 e. The van der Waals surface area contributed by atoms with Gasteiger partial charge in [0, 0.05) is 57.8 Å². The summed E-state index contributed by atoms with van der Waals surface area (Å²) in [6.07, 6.45) is -0.938. The maximum absolute atomic E-state index is 13.2. The third kappa shape index (κ3) is 8.63. The molecule has 0 radical (unpaired) electrons. The van der Waals surface area contributed by atoms with Crippen LogP contribution >= 0.6 is 0 Å². The van der Waals surface area contributed by atoms with E-state index in [1.54, 1.807) is 24.5 Å². The zero-order chi connectivity index (χ0) is 31.0. The van der Waals surface area contributed by atoms with Gasteiger partial charge in [-0.2, -0.15) is 13.2 Å². The number of benzene rings is 2. The highest BCUT2D eigenvalue weighted by Crippen LogP contribution is 2.39. The Morgan fingerprint density at radius 2 is 1.72 bits per heavy atom. The molecule has 2 unspecified atom stereocenters. The third-order valence-corrected chi connectivity index (χ3v) is 7.93. The molecule has 0 aliphatic carbocycles. The van der Waals surface area contributed by atoms with Gasteiger partial charge in [-0.25, -0.2) is 0 Å². The fraction of sp³-hybridized carbons (Fsp3) is 0.455. The lowest BCUT2D eigenvalue weighted by atomic mass is 9.92. The Bertz CT molecular complexity index is 1330. The van der Waals surface area contributed by atoms with E-state index in [-0.39, 0.29) is 30.6 Å². The van der Waals surface area contributed by atoms with Crippen molar-refractivity contribution >= 4 is 5.97 Å². The van der Waals surface area contributed by atoms with Gasteiger partial charge in [-0.1, -0.05) is 42.5 Å². The summed E-state index contributed by atoms with van der Waals surface area (Å²) in [7, 11) is 0. The highest BCUT2D eigenvalue weighted by atomic mass is 19.4. The first kappa shape index (κ1) is 32.6. The molecule has 0 saturated carbocycles. The molecule has 2 atom stereocenters. The minimum absolute atomic E-state index is 0.0192. The number of piperazine rings is 1. The molecule has 0 amide bonds. The average molecular weight is 600 g/mol. The van der Waals surface area contributed by atoms with E-state index in [0.29, 0.717) is 26.3 Å². The molecule has 0 bridgehead atoms. The van der Waals surface area contributed by atoms with Gasteiger partial charge in [0.25, 0.3) is 0 Å². The lowest BCUT2D eigenvalue weighted by Gasteiger charge is -2.41. The van der Waals surface area contributed by atoms with Crippen LogP contribution in [-0.4, -0.2) is 77.5 Å². The van der Waals surface area contributed by atoms with Gasteiger partial charge in [0.15, 0.2) is 5.60 Å². The Labute approximate surface area is 251 Å². The van der Waals surface area contributed by atoms with Crippen molar-refractivity contribution < 1.29 is 32.5 Å². The second kappa shape index (κ2) is 14.4. The first-order chi connectivity index (χ1) is 20.5. The molecule has 232 valence electrons. The highest BCUT2D eigenvalue weighted by molar-refractivity contribution is 5.70. The Hall–Kier alpha value is -3.31. The van der Waals surface area contributed by atoms with Crippen LogP contribution in [0.5, 0.6) is 0 Å². The quantitative estimate of drug-likeness (QED) is 0.218. The molecule has 1 saturated heterocycles. The number of ether oxygens (including phenoxy) is 2. The number of hydrogen-bond acceptors (Lipinski definition) is 7. The lowest BCUT2D eigenvalue weighted by molar-refractivity contribution is -0.258. The predicted octanol–water partition coefficient (Wildman–Crippen LogP) is 5.48. The van der Waals surface area contributed by atoms with Crippen molar-refractivity contribution in [2.45, 2.75) is 58.1 Å². The number of aryl methyl sites for hydroxylation is 1. The summed E-state index contributed by atoms with van der Waals surface area (Å²) in [6, 6.07) is 15.9. The first-order valence-electron chi connectivity index (χ1n) is 14.6. The van der Waals surface area contributed by atoms with Gasteiger partial charge in [0.05, 0.1) is 13.0 Å². The van der Waals surface area contributed by atoms with E-state index in [2.05, 4.69) is 20.9 Å². The Kier molecular flexibility index (Phi) is 10.9. The molecule has 2 aromatic carbocycles. The fourth-order valence-corrected chi connectivity index (χ4v) is 5.38. The predicted molar refractivity (Wildman–Crippen MR) is 158 cm³/mol. The number of rotatable bonds is 12. The number of pyridine rings is 1. The van der Waals surface area contributed by atoms with Crippen molar-refractivity contribution in [3.8, 4) is 11.1 Å². The van der Waals surface area contributed by atoms with Crippen LogP contribution in [0.2, 0.25) is 0 Å². The van der Waals surface area contributed by atoms with Gasteiger partial charge < -0.3 is 14.6 Å². The van der Waals surface area contributed by atoms with Crippen molar-refractivity contribution in [2.24, 2.45) is 0 Å². The largest absolute Gasteiger partial charge is 0.463 e. The number of hydrogen-bond donors (Lipinski definition) is 1. The molecular weight excluding hydrogens is 559 g/mol. The van der Waals surface area contributed by atoms with Crippen LogP contribution < -0.4 is 0 Å². The molecule has 1 aromatic heterocycles. The minimum atomic E-state index is -4.76. The van der Waals surface area contributed by atoms with E-state index in [0.717, 1.165) is 54.4 Å². The van der Waals surface area contributed by atoms with Crippen LogP contribution in [0.4, 0.5) is 13.2 Å². The summed E-state index contributed by atoms with van der Waals surface area (Å²) >= 11 is 0. The van der Waals surface area contributed by atoms with Crippen LogP contribution in [0.3, 0.4) is 0 Å². The number of aliphatic hydroxyl groups is 1. The smallest absolute Gasteiger partial charge is 0.421 e. The number of halogens is 3. The molecule has 10 heteroatoms. The van der Waals surface area contributed by atoms with E-state index in [9.17, 15) is 23.1 Å². The molecule has 1 fully saturated rings. The van der Waals surface area contributed by atoms with Gasteiger partial charge in [0.1, 0.15) is 6.61 Å². The molecule has 0 spiro atoms. The molecular formula is C33H40F3N3O4. The number of carbonyl (C=O) groups excluding carboxylic acids is 1. The van der Waals surface area contributed by atoms with E-state index in [1.165, 1.54) is 12.1 Å². The van der Waals surface area contributed by atoms with Crippen molar-refractivity contribution in [2.75, 3.05) is 39.5 Å². The van der Waals surface area contributed by atoms with Crippen LogP contribution in [0.15, 0.2) is 67.0 Å². The number of alkyl halides is 3. The molecule has 3 aromatic rings. The average Bonchev–Trinajstić information content (AvgIpc) is 2.97. The monoisotopic (exact) mass is 599 g/mol. The Morgan fingerprint density at radius 3 is 2.37 bits per heavy atom. The molecule has 4 rings (SSSR count). The normalized spacial score (nSPS) is 17.9. The van der Waals surface area contributed by atoms with Gasteiger partial charge >= 0.3 is 12.1 Å². The summed E-state index contributed by atoms with van der Waals surface area (Å²) in [5.41, 5.74) is 1.82. The van der Waals surface area contributed by atoms with Crippen molar-refractivity contribution in [1.82, 2.24) is 14.8 Å². The molecule has 1 aliphatic rings. The van der Waals surface area contributed by atoms with Crippen LogP contribution in [0, 0.1) is 6.92 Å². The molecule has 43 heavy (non-hydrogen) atoms. The third-order valence-electron chi connectivity index (χ3n) is 7.93. The van der Waals surface area contributed by atoms with Crippen LogP contribution in [-0.2, 0) is 33.0 Å². The summed E-state index contributed by atoms with van der Waals surface area (Å²) in [4.78, 5) is 21.4. The summed E-state index contributed by atoms with van der Waals surface area (Å²) in [5, 5.41) is 9.98. The number of carbonyl (C=O) groups is 1. The number of aromatic nitrogens is 1. The number of esters is 1. The summed E-state index contributed by atoms with van der Waals surface area (Å²) < 4.78 is 50.4. The first-order valence-corrected chi connectivity index (χ1v) is 14.6. The van der Waals surface area contributed by atoms with Gasteiger partial charge in [-0.15, -0.1) is 0 Å². The van der Waals surface area contributed by atoms with Gasteiger partial charge in [-0.05, 0) is 66.3 Å². The van der Waals surface area contributed by atoms with Crippen LogP contribution in [0.25, 0.3) is 11.1 Å². The molecule has 1 aliphatic heterocycles. The number of nitrogens with zero attached hydrogens (tertiary/aromatic N) is 3. The van der Waals surface area contributed by atoms with Crippen molar-refractivity contribution in [3.63, 3.8) is 0 Å². The van der Waals surface area contributed by atoms with E-state index in [4.69, 9.17) is 9.47 Å².